The van der Waals surface area contributed by atoms with Crippen LogP contribution < -0.4 is 10.6 Å². The number of carbonyl (C=O) groups excluding carboxylic acids is 6. The molecular weight excluding hydrogens is 946 g/mol. The predicted octanol–water partition coefficient (Wildman–Crippen LogP) is 4.87. The first-order valence-electron chi connectivity index (χ1n) is 18.8. The van der Waals surface area contributed by atoms with Crippen molar-refractivity contribution < 1.29 is 61.9 Å². The number of esters is 3. The summed E-state index contributed by atoms with van der Waals surface area (Å²) in [4.78, 5) is 77.7. The maximum absolute atomic E-state index is 12.8. The van der Waals surface area contributed by atoms with E-state index >= 15 is 0 Å². The Morgan fingerprint density at radius 3 is 1.54 bits per heavy atom. The number of amides is 2. The van der Waals surface area contributed by atoms with E-state index in [1.165, 1.54) is 0 Å². The molecule has 0 saturated carbocycles. The summed E-state index contributed by atoms with van der Waals surface area (Å²) in [5.74, 6) is -2.38. The molecule has 0 bridgehead atoms. The first-order valence-corrected chi connectivity index (χ1v) is 21.2. The second-order valence-electron chi connectivity index (χ2n) is 16.4. The quantitative estimate of drug-likeness (QED) is 0.0446. The van der Waals surface area contributed by atoms with Crippen LogP contribution in [-0.2, 0) is 57.1 Å². The number of alkyl halides is 3. The van der Waals surface area contributed by atoms with Gasteiger partial charge in [-0.1, -0.05) is 47.8 Å². The number of carbonyl (C=O) groups is 6. The highest BCUT2D eigenvalue weighted by atomic mass is 79.9. The van der Waals surface area contributed by atoms with Crippen molar-refractivity contribution in [3.05, 3.63) is 0 Å². The number of alkyl carbamates (subject to hydrolysis) is 1. The monoisotopic (exact) mass is 1010 g/mol. The maximum Gasteiger partial charge on any atom is 0.408 e. The number of rotatable bonds is 29. The van der Waals surface area contributed by atoms with Gasteiger partial charge in [-0.15, -0.1) is 0 Å². The lowest BCUT2D eigenvalue weighted by Crippen LogP contribution is -2.49. The highest BCUT2D eigenvalue weighted by Crippen LogP contribution is 2.28. The highest BCUT2D eigenvalue weighted by molar-refractivity contribution is 9.10. The molecule has 0 aliphatic rings. The molecule has 1 unspecified atom stereocenters. The Morgan fingerprint density at radius 1 is 0.632 bits per heavy atom. The lowest BCUT2D eigenvalue weighted by Gasteiger charge is -2.34. The van der Waals surface area contributed by atoms with E-state index in [4.69, 9.17) is 33.2 Å². The highest BCUT2D eigenvalue weighted by Gasteiger charge is 2.41. The Bertz CT molecular complexity index is 1200. The molecular formula is C38H66Br3N3O13. The van der Waals surface area contributed by atoms with E-state index < -0.39 is 54.0 Å². The van der Waals surface area contributed by atoms with E-state index in [-0.39, 0.29) is 84.1 Å². The Hall–Kier alpha value is -1.90. The first kappa shape index (κ1) is 55.1. The lowest BCUT2D eigenvalue weighted by atomic mass is 9.91. The van der Waals surface area contributed by atoms with Crippen LogP contribution in [0, 0.1) is 5.41 Å². The van der Waals surface area contributed by atoms with E-state index in [1.807, 2.05) is 19.0 Å². The smallest absolute Gasteiger partial charge is 0.408 e. The second kappa shape index (κ2) is 26.3. The molecule has 57 heavy (non-hydrogen) atoms. The van der Waals surface area contributed by atoms with Gasteiger partial charge in [0.2, 0.25) is 5.91 Å². The van der Waals surface area contributed by atoms with E-state index in [9.17, 15) is 28.8 Å². The van der Waals surface area contributed by atoms with Crippen LogP contribution in [0.3, 0.4) is 0 Å². The molecule has 1 atom stereocenters. The van der Waals surface area contributed by atoms with Gasteiger partial charge in [0.1, 0.15) is 51.0 Å². The lowest BCUT2D eigenvalue weighted by molar-refractivity contribution is -0.170. The fourth-order valence-corrected chi connectivity index (χ4v) is 4.61. The van der Waals surface area contributed by atoms with Crippen molar-refractivity contribution in [2.75, 3.05) is 86.6 Å². The standard InChI is InChI=1S/C38H66Br3N3O13/c1-34(2,3)57-33(50)43-28(15-12-17-44(10)11)29(46)42-16-19-52-21-20-51-18-13-14-27(45)22-53-23-38(24-54-30(47)35(4,5)39,25-55-31(48)36(6,7)40)26-56-32(49)37(8,9)41/h28H,12-26H2,1-11H3,(H,42,46)(H,43,50). The molecule has 0 saturated heterocycles. The largest absolute Gasteiger partial charge is 0.464 e. The fourth-order valence-electron chi connectivity index (χ4n) is 4.27. The summed E-state index contributed by atoms with van der Waals surface area (Å²) in [5.41, 5.74) is -2.03. The summed E-state index contributed by atoms with van der Waals surface area (Å²) in [6.45, 7) is 15.4. The number of ether oxygens (including phenoxy) is 7. The summed E-state index contributed by atoms with van der Waals surface area (Å²) in [6, 6.07) is -0.747. The first-order chi connectivity index (χ1) is 26.1. The molecule has 0 fully saturated rings. The average Bonchev–Trinajstić information content (AvgIpc) is 3.06. The number of nitrogens with zero attached hydrogens (tertiary/aromatic N) is 1. The van der Waals surface area contributed by atoms with Gasteiger partial charge >= 0.3 is 24.0 Å². The molecule has 0 heterocycles. The van der Waals surface area contributed by atoms with Crippen molar-refractivity contribution in [2.45, 2.75) is 113 Å². The van der Waals surface area contributed by atoms with Gasteiger partial charge in [-0.25, -0.2) is 4.79 Å². The molecule has 0 radical (unpaired) electrons. The molecule has 0 aromatic heterocycles. The van der Waals surface area contributed by atoms with Crippen LogP contribution in [0.15, 0.2) is 0 Å². The van der Waals surface area contributed by atoms with Crippen LogP contribution >= 0.6 is 47.8 Å². The van der Waals surface area contributed by atoms with Gasteiger partial charge in [-0.05, 0) is 102 Å². The Kier molecular flexibility index (Phi) is 25.5. The molecule has 0 rings (SSSR count). The molecule has 0 aromatic carbocycles. The van der Waals surface area contributed by atoms with Crippen molar-refractivity contribution >= 4 is 83.5 Å². The van der Waals surface area contributed by atoms with Gasteiger partial charge in [-0.3, -0.25) is 24.0 Å². The number of halogens is 3. The van der Waals surface area contributed by atoms with Gasteiger partial charge in [0.15, 0.2) is 5.78 Å². The Balaban J connectivity index is 4.93. The second-order valence-corrected chi connectivity index (χ2v) is 22.4. The van der Waals surface area contributed by atoms with Crippen LogP contribution in [0.1, 0.15) is 88.0 Å². The zero-order valence-corrected chi connectivity index (χ0v) is 40.3. The average molecular weight is 1010 g/mol. The van der Waals surface area contributed by atoms with Crippen LogP contribution in [0.4, 0.5) is 4.79 Å². The molecule has 0 aromatic rings. The number of nitrogens with one attached hydrogen (secondary N) is 2. The van der Waals surface area contributed by atoms with Crippen LogP contribution in [0.25, 0.3) is 0 Å². The fraction of sp³-hybridized carbons (Fsp3) is 0.842. The maximum atomic E-state index is 12.8. The van der Waals surface area contributed by atoms with Crippen LogP contribution in [-0.4, -0.2) is 152 Å². The third-order valence-corrected chi connectivity index (χ3v) is 8.39. The number of hydrogen-bond donors (Lipinski definition) is 2. The van der Waals surface area contributed by atoms with Crippen LogP contribution in [0.5, 0.6) is 0 Å². The predicted molar refractivity (Wildman–Crippen MR) is 225 cm³/mol. The Labute approximate surface area is 363 Å². The zero-order valence-electron chi connectivity index (χ0n) is 35.6. The summed E-state index contributed by atoms with van der Waals surface area (Å²) >= 11 is 9.79. The molecule has 0 spiro atoms. The number of Topliss-reactive ketones (excluding diaryl/α,β-unsaturated/α-hetero) is 1. The minimum Gasteiger partial charge on any atom is -0.464 e. The van der Waals surface area contributed by atoms with Crippen molar-refractivity contribution in [2.24, 2.45) is 5.41 Å². The molecule has 0 aliphatic carbocycles. The zero-order chi connectivity index (χ0) is 44.1. The normalized spacial score (nSPS) is 13.1. The van der Waals surface area contributed by atoms with Gasteiger partial charge in [-0.2, -0.15) is 0 Å². The summed E-state index contributed by atoms with van der Waals surface area (Å²) in [7, 11) is 3.87. The topological polar surface area (TPSA) is 194 Å². The third kappa shape index (κ3) is 27.5. The van der Waals surface area contributed by atoms with E-state index in [2.05, 4.69) is 58.4 Å². The number of ketones is 1. The summed E-state index contributed by atoms with van der Waals surface area (Å²) in [6.07, 6.45) is 1.06. The van der Waals surface area contributed by atoms with Gasteiger partial charge in [0, 0.05) is 19.6 Å². The minimum atomic E-state index is -1.34. The van der Waals surface area contributed by atoms with Gasteiger partial charge in [0.05, 0.1) is 31.8 Å². The minimum absolute atomic E-state index is 0.152. The van der Waals surface area contributed by atoms with Crippen molar-refractivity contribution in [3.63, 3.8) is 0 Å². The van der Waals surface area contributed by atoms with E-state index in [0.717, 1.165) is 6.54 Å². The molecule has 332 valence electrons. The van der Waals surface area contributed by atoms with Crippen molar-refractivity contribution in [3.8, 4) is 0 Å². The van der Waals surface area contributed by atoms with E-state index in [1.54, 1.807) is 62.3 Å². The molecule has 16 nitrogen and oxygen atoms in total. The molecule has 2 N–H and O–H groups in total. The number of hydrogen-bond acceptors (Lipinski definition) is 14. The van der Waals surface area contributed by atoms with Gasteiger partial charge in [0.25, 0.3) is 0 Å². The third-order valence-electron chi connectivity index (χ3n) is 7.42. The summed E-state index contributed by atoms with van der Waals surface area (Å²) in [5, 5.41) is 5.44. The SMILES string of the molecule is CN(C)CCCC(NC(=O)OC(C)(C)C)C(=O)NCCOCCOCCCC(=O)COCC(COC(=O)C(C)(C)Br)(COC(=O)C(C)(C)Br)COC(=O)C(C)(C)Br. The molecule has 2 amide bonds. The van der Waals surface area contributed by atoms with Crippen molar-refractivity contribution in [1.29, 1.82) is 0 Å². The van der Waals surface area contributed by atoms with Crippen LogP contribution in [0.2, 0.25) is 0 Å². The van der Waals surface area contributed by atoms with Crippen molar-refractivity contribution in [1.82, 2.24) is 15.5 Å². The summed E-state index contributed by atoms with van der Waals surface area (Å²) < 4.78 is 35.7. The molecule has 0 aliphatic heterocycles. The Morgan fingerprint density at radius 2 is 1.11 bits per heavy atom. The van der Waals surface area contributed by atoms with E-state index in [0.29, 0.717) is 19.3 Å². The van der Waals surface area contributed by atoms with Gasteiger partial charge < -0.3 is 48.7 Å². The molecule has 19 heteroatoms.